The molecule has 1 N–H and O–H groups in total. The molecule has 0 radical (unpaired) electrons. The normalized spacial score (nSPS) is 18.2. The van der Waals surface area contributed by atoms with E-state index >= 15 is 0 Å². The Balaban J connectivity index is 1.76. The van der Waals surface area contributed by atoms with Crippen LogP contribution in [0.3, 0.4) is 0 Å². The second-order valence-corrected chi connectivity index (χ2v) is 5.89. The van der Waals surface area contributed by atoms with E-state index in [9.17, 15) is 4.79 Å². The zero-order valence-electron chi connectivity index (χ0n) is 11.6. The molecule has 3 heteroatoms. The first-order chi connectivity index (χ1) is 9.28. The first kappa shape index (κ1) is 12.5. The van der Waals surface area contributed by atoms with Crippen LogP contribution in [-0.4, -0.2) is 30.9 Å². The molecule has 3 nitrogen and oxygen atoms in total. The summed E-state index contributed by atoms with van der Waals surface area (Å²) in [6, 6.07) is 7.82. The van der Waals surface area contributed by atoms with Crippen LogP contribution in [0.4, 0.5) is 5.69 Å². The lowest BCUT2D eigenvalue weighted by Gasteiger charge is -2.23. The molecule has 2 aliphatic carbocycles. The quantitative estimate of drug-likeness (QED) is 0.850. The van der Waals surface area contributed by atoms with Gasteiger partial charge in [0.15, 0.2) is 0 Å². The minimum atomic E-state index is 0.198. The Morgan fingerprint density at radius 2 is 1.74 bits per heavy atom. The minimum absolute atomic E-state index is 0.198. The summed E-state index contributed by atoms with van der Waals surface area (Å²) in [6.07, 6.45) is 5.18. The van der Waals surface area contributed by atoms with Crippen LogP contribution >= 0.6 is 0 Å². The highest BCUT2D eigenvalue weighted by Crippen LogP contribution is 2.34. The first-order valence-electron chi connectivity index (χ1n) is 7.34. The van der Waals surface area contributed by atoms with Crippen LogP contribution < -0.4 is 5.32 Å². The Kier molecular flexibility index (Phi) is 3.45. The van der Waals surface area contributed by atoms with Gasteiger partial charge in [-0.25, -0.2) is 0 Å². The second kappa shape index (κ2) is 5.24. The summed E-state index contributed by atoms with van der Waals surface area (Å²) in [7, 11) is 1.87. The van der Waals surface area contributed by atoms with Crippen molar-refractivity contribution in [3.8, 4) is 0 Å². The monoisotopic (exact) mass is 258 g/mol. The standard InChI is InChI=1S/C16H22N2O/c1-17-15-5-3-2-4-14(15)16(19)18(10-12-6-7-12)11-13-8-9-13/h2-5,12-13,17H,6-11H2,1H3. The molecule has 3 rings (SSSR count). The highest BCUT2D eigenvalue weighted by atomic mass is 16.2. The third-order valence-electron chi connectivity index (χ3n) is 4.07. The predicted octanol–water partition coefficient (Wildman–Crippen LogP) is 2.99. The molecule has 2 aliphatic rings. The Morgan fingerprint density at radius 1 is 1.16 bits per heavy atom. The zero-order chi connectivity index (χ0) is 13.2. The van der Waals surface area contributed by atoms with E-state index in [0.717, 1.165) is 36.2 Å². The highest BCUT2D eigenvalue weighted by Gasteiger charge is 2.32. The van der Waals surface area contributed by atoms with Gasteiger partial charge in [0, 0.05) is 25.8 Å². The molecular weight excluding hydrogens is 236 g/mol. The number of hydrogen-bond acceptors (Lipinski definition) is 2. The number of nitrogens with one attached hydrogen (secondary N) is 1. The van der Waals surface area contributed by atoms with Crippen LogP contribution in [-0.2, 0) is 0 Å². The number of amides is 1. The Morgan fingerprint density at radius 3 is 2.26 bits per heavy atom. The zero-order valence-corrected chi connectivity index (χ0v) is 11.6. The molecule has 102 valence electrons. The minimum Gasteiger partial charge on any atom is -0.387 e. The molecule has 0 saturated heterocycles. The maximum Gasteiger partial charge on any atom is 0.255 e. The average molecular weight is 258 g/mol. The number of rotatable bonds is 6. The number of para-hydroxylation sites is 1. The van der Waals surface area contributed by atoms with E-state index in [1.165, 1.54) is 25.7 Å². The molecular formula is C16H22N2O. The fourth-order valence-corrected chi connectivity index (χ4v) is 2.52. The largest absolute Gasteiger partial charge is 0.387 e. The van der Waals surface area contributed by atoms with E-state index in [2.05, 4.69) is 10.2 Å². The fourth-order valence-electron chi connectivity index (χ4n) is 2.52. The fraction of sp³-hybridized carbons (Fsp3) is 0.562. The number of hydrogen-bond donors (Lipinski definition) is 1. The molecule has 1 amide bonds. The van der Waals surface area contributed by atoms with Crippen molar-refractivity contribution in [3.05, 3.63) is 29.8 Å². The van der Waals surface area contributed by atoms with E-state index in [-0.39, 0.29) is 5.91 Å². The Labute approximate surface area is 115 Å². The summed E-state index contributed by atoms with van der Waals surface area (Å²) in [5.74, 6) is 1.71. The van der Waals surface area contributed by atoms with Crippen molar-refractivity contribution in [2.75, 3.05) is 25.5 Å². The van der Waals surface area contributed by atoms with Gasteiger partial charge >= 0.3 is 0 Å². The van der Waals surface area contributed by atoms with Crippen LogP contribution in [0.5, 0.6) is 0 Å². The summed E-state index contributed by atoms with van der Waals surface area (Å²) in [5, 5.41) is 3.12. The van der Waals surface area contributed by atoms with Crippen molar-refractivity contribution in [2.24, 2.45) is 11.8 Å². The van der Waals surface area contributed by atoms with Crippen LogP contribution in [0.25, 0.3) is 0 Å². The number of carbonyl (C=O) groups excluding carboxylic acids is 1. The molecule has 0 unspecified atom stereocenters. The van der Waals surface area contributed by atoms with Crippen molar-refractivity contribution < 1.29 is 4.79 Å². The molecule has 2 saturated carbocycles. The maximum atomic E-state index is 12.7. The lowest BCUT2D eigenvalue weighted by atomic mass is 10.1. The molecule has 1 aromatic rings. The summed E-state index contributed by atoms with van der Waals surface area (Å²) >= 11 is 0. The third kappa shape index (κ3) is 3.09. The van der Waals surface area contributed by atoms with Gasteiger partial charge in [-0.15, -0.1) is 0 Å². The van der Waals surface area contributed by atoms with Gasteiger partial charge in [-0.05, 0) is 49.7 Å². The average Bonchev–Trinajstić information content (AvgIpc) is 3.32. The summed E-state index contributed by atoms with van der Waals surface area (Å²) in [5.41, 5.74) is 1.75. The van der Waals surface area contributed by atoms with Gasteiger partial charge < -0.3 is 10.2 Å². The second-order valence-electron chi connectivity index (χ2n) is 5.89. The van der Waals surface area contributed by atoms with Gasteiger partial charge in [0.25, 0.3) is 5.91 Å². The number of anilines is 1. The Bertz CT molecular complexity index is 450. The van der Waals surface area contributed by atoms with Gasteiger partial charge in [-0.1, -0.05) is 12.1 Å². The molecule has 1 aromatic carbocycles. The van der Waals surface area contributed by atoms with Crippen molar-refractivity contribution >= 4 is 11.6 Å². The Hall–Kier alpha value is -1.51. The molecule has 0 spiro atoms. The lowest BCUT2D eigenvalue weighted by Crippen LogP contribution is -2.35. The van der Waals surface area contributed by atoms with E-state index in [1.807, 2.05) is 31.3 Å². The number of carbonyl (C=O) groups is 1. The van der Waals surface area contributed by atoms with Crippen LogP contribution in [0, 0.1) is 11.8 Å². The van der Waals surface area contributed by atoms with Crippen molar-refractivity contribution in [1.82, 2.24) is 4.90 Å². The van der Waals surface area contributed by atoms with Crippen molar-refractivity contribution in [2.45, 2.75) is 25.7 Å². The molecule has 0 bridgehead atoms. The third-order valence-corrected chi connectivity index (χ3v) is 4.07. The lowest BCUT2D eigenvalue weighted by molar-refractivity contribution is 0.0740. The summed E-state index contributed by atoms with van der Waals surface area (Å²) in [6.45, 7) is 1.90. The van der Waals surface area contributed by atoms with Gasteiger partial charge in [0.05, 0.1) is 5.56 Å². The van der Waals surface area contributed by atoms with Crippen molar-refractivity contribution in [3.63, 3.8) is 0 Å². The highest BCUT2D eigenvalue weighted by molar-refractivity contribution is 5.99. The van der Waals surface area contributed by atoms with E-state index in [0.29, 0.717) is 0 Å². The van der Waals surface area contributed by atoms with E-state index in [1.54, 1.807) is 0 Å². The van der Waals surface area contributed by atoms with Gasteiger partial charge in [-0.2, -0.15) is 0 Å². The number of benzene rings is 1. The molecule has 19 heavy (non-hydrogen) atoms. The molecule has 0 atom stereocenters. The smallest absolute Gasteiger partial charge is 0.255 e. The van der Waals surface area contributed by atoms with Crippen LogP contribution in [0.2, 0.25) is 0 Å². The topological polar surface area (TPSA) is 32.3 Å². The summed E-state index contributed by atoms with van der Waals surface area (Å²) in [4.78, 5) is 14.8. The van der Waals surface area contributed by atoms with Gasteiger partial charge in [0.1, 0.15) is 0 Å². The van der Waals surface area contributed by atoms with E-state index in [4.69, 9.17) is 0 Å². The van der Waals surface area contributed by atoms with Crippen molar-refractivity contribution in [1.29, 1.82) is 0 Å². The molecule has 2 fully saturated rings. The SMILES string of the molecule is CNc1ccccc1C(=O)N(CC1CC1)CC1CC1. The molecule has 0 heterocycles. The van der Waals surface area contributed by atoms with E-state index < -0.39 is 0 Å². The van der Waals surface area contributed by atoms with Gasteiger partial charge in [-0.3, -0.25) is 4.79 Å². The molecule has 0 aromatic heterocycles. The summed E-state index contributed by atoms with van der Waals surface area (Å²) < 4.78 is 0. The maximum absolute atomic E-state index is 12.7. The molecule has 0 aliphatic heterocycles. The van der Waals surface area contributed by atoms with Gasteiger partial charge in [0.2, 0.25) is 0 Å². The number of nitrogens with zero attached hydrogens (tertiary/aromatic N) is 1. The first-order valence-corrected chi connectivity index (χ1v) is 7.34. The predicted molar refractivity (Wildman–Crippen MR) is 77.3 cm³/mol. The van der Waals surface area contributed by atoms with Crippen LogP contribution in [0.1, 0.15) is 36.0 Å². The van der Waals surface area contributed by atoms with Crippen LogP contribution in [0.15, 0.2) is 24.3 Å².